The predicted molar refractivity (Wildman–Crippen MR) is 107 cm³/mol. The molecule has 1 N–H and O–H groups in total. The lowest BCUT2D eigenvalue weighted by molar-refractivity contribution is -0.130. The van der Waals surface area contributed by atoms with E-state index >= 15 is 0 Å². The molecule has 0 saturated carbocycles. The highest BCUT2D eigenvalue weighted by molar-refractivity contribution is 5.89. The molecule has 2 atom stereocenters. The third-order valence-electron chi connectivity index (χ3n) is 6.07. The van der Waals surface area contributed by atoms with Crippen LogP contribution in [-0.4, -0.2) is 53.8 Å². The normalized spacial score (nSPS) is 21.8. The molecule has 2 unspecified atom stereocenters. The van der Waals surface area contributed by atoms with Crippen molar-refractivity contribution in [2.75, 3.05) is 26.2 Å². The lowest BCUT2D eigenvalue weighted by Gasteiger charge is -2.27. The Morgan fingerprint density at radius 2 is 1.81 bits per heavy atom. The van der Waals surface area contributed by atoms with Crippen LogP contribution in [0.2, 0.25) is 0 Å². The monoisotopic (exact) mass is 371 g/mol. The molecule has 2 amide bonds. The van der Waals surface area contributed by atoms with E-state index in [1.807, 2.05) is 23.1 Å². The van der Waals surface area contributed by atoms with Crippen LogP contribution in [0.4, 0.5) is 0 Å². The van der Waals surface area contributed by atoms with Crippen LogP contribution < -0.4 is 5.32 Å². The summed E-state index contributed by atoms with van der Waals surface area (Å²) >= 11 is 0. The Balaban J connectivity index is 1.66. The third-order valence-corrected chi connectivity index (χ3v) is 6.07. The molecule has 2 aliphatic rings. The summed E-state index contributed by atoms with van der Waals surface area (Å²) in [7, 11) is 0. The zero-order chi connectivity index (χ0) is 19.2. The first-order valence-corrected chi connectivity index (χ1v) is 10.5. The highest BCUT2D eigenvalue weighted by atomic mass is 16.2. The van der Waals surface area contributed by atoms with Gasteiger partial charge < -0.3 is 15.1 Å². The molecule has 0 spiro atoms. The molecule has 27 heavy (non-hydrogen) atoms. The summed E-state index contributed by atoms with van der Waals surface area (Å²) < 4.78 is 0. The van der Waals surface area contributed by atoms with Gasteiger partial charge in [-0.1, -0.05) is 44.2 Å². The molecule has 2 aliphatic heterocycles. The van der Waals surface area contributed by atoms with Crippen LogP contribution in [0.25, 0.3) is 0 Å². The molecule has 148 valence electrons. The molecule has 0 aliphatic carbocycles. The molecule has 1 aromatic carbocycles. The van der Waals surface area contributed by atoms with Gasteiger partial charge in [0.15, 0.2) is 0 Å². The Morgan fingerprint density at radius 1 is 1.15 bits per heavy atom. The van der Waals surface area contributed by atoms with Crippen LogP contribution in [0.5, 0.6) is 0 Å². The first-order chi connectivity index (χ1) is 13.1. The predicted octanol–water partition coefficient (Wildman–Crippen LogP) is 2.98. The molecule has 5 heteroatoms. The van der Waals surface area contributed by atoms with E-state index in [2.05, 4.69) is 36.2 Å². The van der Waals surface area contributed by atoms with E-state index in [1.165, 1.54) is 12.8 Å². The molecule has 2 saturated heterocycles. The largest absolute Gasteiger partial charge is 0.348 e. The van der Waals surface area contributed by atoms with E-state index in [9.17, 15) is 9.59 Å². The zero-order valence-electron chi connectivity index (χ0n) is 16.7. The minimum atomic E-state index is -0.233. The molecule has 2 fully saturated rings. The lowest BCUT2D eigenvalue weighted by Crippen LogP contribution is -2.41. The number of nitrogens with one attached hydrogen (secondary N) is 1. The zero-order valence-corrected chi connectivity index (χ0v) is 16.7. The SMILES string of the molecule is CCC(CC)N1CC(C(=O)NC(CN2CCCC2)c2ccccc2)CC1=O. The minimum absolute atomic E-state index is 0.0184. The fourth-order valence-electron chi connectivity index (χ4n) is 4.42. The maximum absolute atomic E-state index is 13.0. The number of carbonyl (C=O) groups is 2. The van der Waals surface area contributed by atoms with E-state index in [1.54, 1.807) is 0 Å². The molecular weight excluding hydrogens is 338 g/mol. The maximum atomic E-state index is 13.0. The lowest BCUT2D eigenvalue weighted by atomic mass is 10.0. The van der Waals surface area contributed by atoms with Crippen LogP contribution in [-0.2, 0) is 9.59 Å². The summed E-state index contributed by atoms with van der Waals surface area (Å²) in [4.78, 5) is 29.7. The van der Waals surface area contributed by atoms with Crippen LogP contribution in [0, 0.1) is 5.92 Å². The van der Waals surface area contributed by atoms with Crippen molar-refractivity contribution in [2.45, 2.75) is 58.0 Å². The number of benzene rings is 1. The molecule has 2 heterocycles. The van der Waals surface area contributed by atoms with E-state index in [0.717, 1.165) is 38.0 Å². The van der Waals surface area contributed by atoms with Gasteiger partial charge in [-0.25, -0.2) is 0 Å². The number of rotatable bonds is 8. The molecule has 3 rings (SSSR count). The number of carbonyl (C=O) groups excluding carboxylic acids is 2. The van der Waals surface area contributed by atoms with E-state index in [-0.39, 0.29) is 29.8 Å². The van der Waals surface area contributed by atoms with Crippen molar-refractivity contribution in [2.24, 2.45) is 5.92 Å². The molecule has 0 aromatic heterocycles. The van der Waals surface area contributed by atoms with Gasteiger partial charge in [-0.2, -0.15) is 0 Å². The van der Waals surface area contributed by atoms with Crippen molar-refractivity contribution in [3.05, 3.63) is 35.9 Å². The third kappa shape index (κ3) is 4.89. The summed E-state index contributed by atoms with van der Waals surface area (Å²) in [6.45, 7) is 7.81. The Hall–Kier alpha value is -1.88. The summed E-state index contributed by atoms with van der Waals surface area (Å²) in [6, 6.07) is 10.4. The number of likely N-dealkylation sites (tertiary alicyclic amines) is 2. The van der Waals surface area contributed by atoms with Crippen LogP contribution >= 0.6 is 0 Å². The van der Waals surface area contributed by atoms with Crippen molar-refractivity contribution < 1.29 is 9.59 Å². The van der Waals surface area contributed by atoms with Gasteiger partial charge in [0.1, 0.15) is 0 Å². The Labute approximate surface area is 163 Å². The quantitative estimate of drug-likeness (QED) is 0.764. The number of nitrogens with zero attached hydrogens (tertiary/aromatic N) is 2. The number of hydrogen-bond donors (Lipinski definition) is 1. The van der Waals surface area contributed by atoms with Crippen molar-refractivity contribution >= 4 is 11.8 Å². The number of hydrogen-bond acceptors (Lipinski definition) is 3. The van der Waals surface area contributed by atoms with Crippen molar-refractivity contribution in [3.63, 3.8) is 0 Å². The maximum Gasteiger partial charge on any atom is 0.225 e. The highest BCUT2D eigenvalue weighted by Gasteiger charge is 2.37. The van der Waals surface area contributed by atoms with Gasteiger partial charge in [0.25, 0.3) is 0 Å². The second-order valence-electron chi connectivity index (χ2n) is 7.90. The Kier molecular flexibility index (Phi) is 6.89. The Morgan fingerprint density at radius 3 is 2.44 bits per heavy atom. The fourth-order valence-corrected chi connectivity index (χ4v) is 4.42. The van der Waals surface area contributed by atoms with Crippen molar-refractivity contribution in [1.29, 1.82) is 0 Å². The summed E-state index contributed by atoms with van der Waals surface area (Å²) in [6.07, 6.45) is 4.69. The fraction of sp³-hybridized carbons (Fsp3) is 0.636. The molecule has 0 radical (unpaired) electrons. The topological polar surface area (TPSA) is 52.7 Å². The van der Waals surface area contributed by atoms with Gasteiger partial charge in [-0.05, 0) is 44.3 Å². The van der Waals surface area contributed by atoms with E-state index in [4.69, 9.17) is 0 Å². The standard InChI is InChI=1S/C22H33N3O2/c1-3-19(4-2)25-15-18(14-21(25)26)22(27)23-20(16-24-12-8-9-13-24)17-10-6-5-7-11-17/h5-7,10-11,18-20H,3-4,8-9,12-16H2,1-2H3,(H,23,27). The van der Waals surface area contributed by atoms with E-state index in [0.29, 0.717) is 13.0 Å². The van der Waals surface area contributed by atoms with Gasteiger partial charge in [-0.3, -0.25) is 9.59 Å². The molecular formula is C22H33N3O2. The molecule has 5 nitrogen and oxygen atoms in total. The summed E-state index contributed by atoms with van der Waals surface area (Å²) in [5.74, 6) is -0.0904. The summed E-state index contributed by atoms with van der Waals surface area (Å²) in [5.41, 5.74) is 1.14. The van der Waals surface area contributed by atoms with Crippen molar-refractivity contribution in [3.8, 4) is 0 Å². The first kappa shape index (κ1) is 19.9. The Bertz CT molecular complexity index is 624. The van der Waals surface area contributed by atoms with Crippen LogP contribution in [0.1, 0.15) is 57.6 Å². The highest BCUT2D eigenvalue weighted by Crippen LogP contribution is 2.25. The second-order valence-corrected chi connectivity index (χ2v) is 7.90. The average molecular weight is 372 g/mol. The second kappa shape index (κ2) is 9.36. The van der Waals surface area contributed by atoms with Gasteiger partial charge in [0.05, 0.1) is 12.0 Å². The van der Waals surface area contributed by atoms with E-state index < -0.39 is 0 Å². The van der Waals surface area contributed by atoms with Crippen LogP contribution in [0.15, 0.2) is 30.3 Å². The van der Waals surface area contributed by atoms with Gasteiger partial charge >= 0.3 is 0 Å². The minimum Gasteiger partial charge on any atom is -0.348 e. The van der Waals surface area contributed by atoms with Gasteiger partial charge in [0, 0.05) is 25.6 Å². The first-order valence-electron chi connectivity index (χ1n) is 10.5. The van der Waals surface area contributed by atoms with Crippen LogP contribution in [0.3, 0.4) is 0 Å². The molecule has 1 aromatic rings. The van der Waals surface area contributed by atoms with Gasteiger partial charge in [-0.15, -0.1) is 0 Å². The number of amides is 2. The average Bonchev–Trinajstić information content (AvgIpc) is 3.33. The smallest absolute Gasteiger partial charge is 0.225 e. The molecule has 0 bridgehead atoms. The summed E-state index contributed by atoms with van der Waals surface area (Å²) in [5, 5.41) is 3.26. The van der Waals surface area contributed by atoms with Gasteiger partial charge in [0.2, 0.25) is 11.8 Å². The van der Waals surface area contributed by atoms with Crippen molar-refractivity contribution in [1.82, 2.24) is 15.1 Å².